The van der Waals surface area contributed by atoms with Crippen molar-refractivity contribution in [2.24, 2.45) is 5.14 Å². The van der Waals surface area contributed by atoms with Gasteiger partial charge in [0.15, 0.2) is 0 Å². The summed E-state index contributed by atoms with van der Waals surface area (Å²) in [5.41, 5.74) is -4.87. The zero-order chi connectivity index (χ0) is 7.00. The number of nitrogens with two attached hydrogens (primary N) is 1. The third-order valence-electron chi connectivity index (χ3n) is 0.392. The van der Waals surface area contributed by atoms with Crippen molar-refractivity contribution in [3.8, 4) is 0 Å². The van der Waals surface area contributed by atoms with Crippen molar-refractivity contribution >= 4 is 15.6 Å². The van der Waals surface area contributed by atoms with Crippen LogP contribution < -0.4 is 5.14 Å². The van der Waals surface area contributed by atoms with Crippen LogP contribution in [0.2, 0.25) is 0 Å². The summed E-state index contributed by atoms with van der Waals surface area (Å²) in [7, 11) is -4.34. The van der Waals surface area contributed by atoms with Gasteiger partial charge in [0.2, 0.25) is 0 Å². The maximum atomic E-state index is 11.1. The van der Waals surface area contributed by atoms with Gasteiger partial charge in [0.25, 0.3) is 0 Å². The van der Waals surface area contributed by atoms with E-state index in [1.807, 2.05) is 0 Å². The minimum atomic E-state index is -4.87. The molecular weight excluding hydrogens is 143 g/mol. The standard InChI is InChI=1S/C2H4F3NOS/c1-8(6,7)2(3,4)5/h1H2,(H2,6,7). The molecule has 0 heterocycles. The third-order valence-corrected chi connectivity index (χ3v) is 1.18. The number of hydrogen-bond acceptors (Lipinski definition) is 1. The van der Waals surface area contributed by atoms with Crippen molar-refractivity contribution in [1.82, 2.24) is 0 Å². The molecule has 0 aromatic rings. The molecule has 0 saturated carbocycles. The molecule has 2 N–H and O–H groups in total. The van der Waals surface area contributed by atoms with Gasteiger partial charge >= 0.3 is 5.51 Å². The molecule has 0 aromatic heterocycles. The van der Waals surface area contributed by atoms with E-state index < -0.39 is 15.2 Å². The van der Waals surface area contributed by atoms with E-state index in [0.717, 1.165) is 0 Å². The van der Waals surface area contributed by atoms with Gasteiger partial charge in [-0.15, -0.1) is 0 Å². The van der Waals surface area contributed by atoms with Gasteiger partial charge in [0.1, 0.15) is 9.71 Å². The highest BCUT2D eigenvalue weighted by Crippen LogP contribution is 2.18. The number of rotatable bonds is 0. The number of alkyl halides is 3. The molecule has 0 fully saturated rings. The van der Waals surface area contributed by atoms with E-state index in [2.05, 4.69) is 11.0 Å². The zero-order valence-electron chi connectivity index (χ0n) is 3.73. The average molecular weight is 147 g/mol. The molecule has 1 atom stereocenters. The second kappa shape index (κ2) is 1.63. The Bertz CT molecular complexity index is 166. The van der Waals surface area contributed by atoms with Crippen LogP contribution >= 0.6 is 0 Å². The Morgan fingerprint density at radius 1 is 1.50 bits per heavy atom. The second-order valence-corrected chi connectivity index (χ2v) is 3.09. The van der Waals surface area contributed by atoms with Crippen molar-refractivity contribution in [3.63, 3.8) is 0 Å². The molecule has 0 spiro atoms. The van der Waals surface area contributed by atoms with Crippen molar-refractivity contribution in [1.29, 1.82) is 0 Å². The van der Waals surface area contributed by atoms with Gasteiger partial charge in [-0.25, -0.2) is 4.21 Å². The lowest BCUT2D eigenvalue weighted by Gasteiger charge is -2.04. The van der Waals surface area contributed by atoms with Gasteiger partial charge in [-0.05, 0) is 5.87 Å². The van der Waals surface area contributed by atoms with Crippen LogP contribution in [-0.2, 0) is 9.71 Å². The van der Waals surface area contributed by atoms with Crippen LogP contribution in [0, 0.1) is 0 Å². The van der Waals surface area contributed by atoms with Gasteiger partial charge in [0.05, 0.1) is 0 Å². The molecular formula is C2H4F3NOS. The Balaban J connectivity index is 4.53. The molecule has 0 aromatic carbocycles. The molecule has 0 bridgehead atoms. The van der Waals surface area contributed by atoms with E-state index in [0.29, 0.717) is 0 Å². The predicted octanol–water partition coefficient (Wildman–Crippen LogP) is 0.0963. The first-order chi connectivity index (χ1) is 3.25. The van der Waals surface area contributed by atoms with Crippen molar-refractivity contribution in [2.75, 3.05) is 0 Å². The quantitative estimate of drug-likeness (QED) is 0.485. The van der Waals surface area contributed by atoms with E-state index >= 15 is 0 Å². The first-order valence-electron chi connectivity index (χ1n) is 1.46. The average Bonchev–Trinajstić information content (AvgIpc) is 1.25. The predicted molar refractivity (Wildman–Crippen MR) is 25.5 cm³/mol. The minimum absolute atomic E-state index is 2.22. The molecule has 6 heteroatoms. The monoisotopic (exact) mass is 147 g/mol. The first-order valence-corrected chi connectivity index (χ1v) is 3.25. The highest BCUT2D eigenvalue weighted by Gasteiger charge is 2.36. The zero-order valence-corrected chi connectivity index (χ0v) is 4.55. The lowest BCUT2D eigenvalue weighted by atomic mass is 11.6. The molecule has 8 heavy (non-hydrogen) atoms. The summed E-state index contributed by atoms with van der Waals surface area (Å²) in [6.45, 7) is 0. The minimum Gasteiger partial charge on any atom is -0.252 e. The molecule has 0 saturated heterocycles. The normalized spacial score (nSPS) is 20.0. The van der Waals surface area contributed by atoms with E-state index in [1.165, 1.54) is 0 Å². The lowest BCUT2D eigenvalue weighted by Crippen LogP contribution is -2.30. The lowest BCUT2D eigenvalue weighted by molar-refractivity contribution is -0.0392. The Morgan fingerprint density at radius 3 is 1.62 bits per heavy atom. The molecule has 2 nitrogen and oxygen atoms in total. The molecule has 50 valence electrons. The Labute approximate surface area is 44.6 Å². The van der Waals surface area contributed by atoms with Crippen molar-refractivity contribution in [3.05, 3.63) is 0 Å². The summed E-state index contributed by atoms with van der Waals surface area (Å²) in [6.07, 6.45) is 0. The highest BCUT2D eigenvalue weighted by molar-refractivity contribution is 7.99. The Kier molecular flexibility index (Phi) is 1.58. The summed E-state index contributed by atoms with van der Waals surface area (Å²) < 4.78 is 43.0. The molecule has 0 aliphatic heterocycles. The van der Waals surface area contributed by atoms with E-state index in [-0.39, 0.29) is 0 Å². The van der Waals surface area contributed by atoms with Crippen molar-refractivity contribution in [2.45, 2.75) is 5.51 Å². The van der Waals surface area contributed by atoms with Gasteiger partial charge in [0, 0.05) is 0 Å². The van der Waals surface area contributed by atoms with Crippen LogP contribution in [0.4, 0.5) is 13.2 Å². The van der Waals surface area contributed by atoms with Crippen LogP contribution in [0.25, 0.3) is 0 Å². The summed E-state index contributed by atoms with van der Waals surface area (Å²) in [4.78, 5) is 0. The molecule has 0 aliphatic rings. The Morgan fingerprint density at radius 2 is 1.62 bits per heavy atom. The Hall–Kier alpha value is -0.230. The summed E-state index contributed by atoms with van der Waals surface area (Å²) in [5.74, 6) is 2.22. The van der Waals surface area contributed by atoms with Gasteiger partial charge in [-0.2, -0.15) is 13.2 Å². The number of hydrogen-bond donors (Lipinski definition) is 1. The summed E-state index contributed by atoms with van der Waals surface area (Å²) in [6, 6.07) is 0. The number of halogens is 3. The third kappa shape index (κ3) is 1.71. The summed E-state index contributed by atoms with van der Waals surface area (Å²) >= 11 is 0. The van der Waals surface area contributed by atoms with Crippen LogP contribution in [0.5, 0.6) is 0 Å². The first kappa shape index (κ1) is 7.77. The van der Waals surface area contributed by atoms with Crippen LogP contribution in [0.15, 0.2) is 0 Å². The smallest absolute Gasteiger partial charge is 0.252 e. The fourth-order valence-electron chi connectivity index (χ4n) is 0. The van der Waals surface area contributed by atoms with E-state index in [1.54, 1.807) is 0 Å². The maximum Gasteiger partial charge on any atom is 0.476 e. The summed E-state index contributed by atoms with van der Waals surface area (Å²) in [5, 5.41) is 4.10. The van der Waals surface area contributed by atoms with Gasteiger partial charge in [-0.3, -0.25) is 5.14 Å². The van der Waals surface area contributed by atoms with Gasteiger partial charge < -0.3 is 0 Å². The fourth-order valence-corrected chi connectivity index (χ4v) is 0. The van der Waals surface area contributed by atoms with E-state index in [9.17, 15) is 17.4 Å². The largest absolute Gasteiger partial charge is 0.476 e. The van der Waals surface area contributed by atoms with Crippen LogP contribution in [0.3, 0.4) is 0 Å². The maximum absolute atomic E-state index is 11.1. The SMILES string of the molecule is C=S(N)(=O)C(F)(F)F. The molecule has 1 unspecified atom stereocenters. The van der Waals surface area contributed by atoms with E-state index in [4.69, 9.17) is 0 Å². The molecule has 0 rings (SSSR count). The van der Waals surface area contributed by atoms with Gasteiger partial charge in [-0.1, -0.05) is 0 Å². The fraction of sp³-hybridized carbons (Fsp3) is 0.500. The molecule has 0 amide bonds. The molecule has 0 aliphatic carbocycles. The topological polar surface area (TPSA) is 43.1 Å². The highest BCUT2D eigenvalue weighted by atomic mass is 32.2. The van der Waals surface area contributed by atoms with Crippen molar-refractivity contribution < 1.29 is 17.4 Å². The second-order valence-electron chi connectivity index (χ2n) is 1.17. The van der Waals surface area contributed by atoms with Crippen LogP contribution in [-0.4, -0.2) is 15.6 Å². The molecule has 0 radical (unpaired) electrons. The van der Waals surface area contributed by atoms with Crippen LogP contribution in [0.1, 0.15) is 0 Å².